The number of ketones is 1. The summed E-state index contributed by atoms with van der Waals surface area (Å²) in [5.74, 6) is 0.706. The maximum atomic E-state index is 10.3. The second kappa shape index (κ2) is 1.95. The molecule has 0 bridgehead atoms. The molecule has 1 fully saturated rings. The highest BCUT2D eigenvalue weighted by Gasteiger charge is 2.25. The molecule has 0 unspecified atom stereocenters. The lowest BCUT2D eigenvalue weighted by Gasteiger charge is -2.20. The zero-order chi connectivity index (χ0) is 5.98. The van der Waals surface area contributed by atoms with Crippen molar-refractivity contribution in [3.8, 4) is 6.07 Å². The zero-order valence-electron chi connectivity index (χ0n) is 4.55. The number of Topliss-reactive ketones (excluding diaryl/α,β-unsaturated/α-hetero) is 1. The molecule has 2 heteroatoms. The van der Waals surface area contributed by atoms with Gasteiger partial charge in [0.1, 0.15) is 5.78 Å². The van der Waals surface area contributed by atoms with Crippen LogP contribution in [0, 0.1) is 17.2 Å². The Kier molecular flexibility index (Phi) is 1.29. The molecule has 0 aromatic heterocycles. The van der Waals surface area contributed by atoms with Gasteiger partial charge in [0.15, 0.2) is 0 Å². The van der Waals surface area contributed by atoms with Crippen molar-refractivity contribution >= 4 is 5.78 Å². The first-order chi connectivity index (χ1) is 3.83. The summed E-state index contributed by atoms with van der Waals surface area (Å²) in [4.78, 5) is 10.3. The number of rotatable bonds is 1. The normalized spacial score (nSPS) is 19.6. The van der Waals surface area contributed by atoms with Gasteiger partial charge in [0.25, 0.3) is 0 Å². The summed E-state index contributed by atoms with van der Waals surface area (Å²) in [6.45, 7) is 0. The minimum absolute atomic E-state index is 0.310. The molecule has 0 saturated heterocycles. The van der Waals surface area contributed by atoms with Crippen LogP contribution in [0.1, 0.15) is 19.3 Å². The number of carbonyl (C=O) groups excluding carboxylic acids is 1. The number of nitrogens with zero attached hydrogens (tertiary/aromatic N) is 1. The van der Waals surface area contributed by atoms with E-state index in [-0.39, 0.29) is 0 Å². The van der Waals surface area contributed by atoms with Crippen molar-refractivity contribution < 1.29 is 4.79 Å². The first-order valence-corrected chi connectivity index (χ1v) is 2.71. The van der Waals surface area contributed by atoms with Gasteiger partial charge in [0.05, 0.1) is 6.07 Å². The van der Waals surface area contributed by atoms with E-state index >= 15 is 0 Å². The summed E-state index contributed by atoms with van der Waals surface area (Å²) in [7, 11) is 0. The van der Waals surface area contributed by atoms with E-state index in [0.29, 0.717) is 31.0 Å². The second-order valence-electron chi connectivity index (χ2n) is 2.18. The van der Waals surface area contributed by atoms with Crippen LogP contribution < -0.4 is 0 Å². The summed E-state index contributed by atoms with van der Waals surface area (Å²) in [5, 5.41) is 8.13. The van der Waals surface area contributed by atoms with Gasteiger partial charge in [-0.2, -0.15) is 5.26 Å². The third-order valence-corrected chi connectivity index (χ3v) is 1.41. The molecule has 0 aliphatic heterocycles. The molecule has 0 amide bonds. The van der Waals surface area contributed by atoms with Crippen LogP contribution in [-0.2, 0) is 4.79 Å². The Morgan fingerprint density at radius 1 is 1.75 bits per heavy atom. The van der Waals surface area contributed by atoms with Crippen molar-refractivity contribution in [1.29, 1.82) is 5.26 Å². The molecule has 1 rings (SSSR count). The predicted molar refractivity (Wildman–Crippen MR) is 28.0 cm³/mol. The van der Waals surface area contributed by atoms with Crippen molar-refractivity contribution in [2.45, 2.75) is 19.3 Å². The van der Waals surface area contributed by atoms with Crippen molar-refractivity contribution in [2.24, 2.45) is 5.92 Å². The first kappa shape index (κ1) is 5.30. The van der Waals surface area contributed by atoms with Gasteiger partial charge in [0.2, 0.25) is 0 Å². The Hall–Kier alpha value is -0.840. The molecule has 0 heterocycles. The van der Waals surface area contributed by atoms with Gasteiger partial charge in [-0.25, -0.2) is 0 Å². The summed E-state index contributed by atoms with van der Waals surface area (Å²) in [6, 6.07) is 2.04. The molecule has 0 N–H and O–H groups in total. The van der Waals surface area contributed by atoms with Gasteiger partial charge in [0, 0.05) is 19.3 Å². The van der Waals surface area contributed by atoms with Crippen LogP contribution in [0.15, 0.2) is 0 Å². The van der Waals surface area contributed by atoms with Crippen LogP contribution in [0.4, 0.5) is 0 Å². The topological polar surface area (TPSA) is 40.9 Å². The van der Waals surface area contributed by atoms with Crippen molar-refractivity contribution in [3.05, 3.63) is 0 Å². The molecule has 1 aliphatic rings. The number of carbonyl (C=O) groups is 1. The largest absolute Gasteiger partial charge is 0.300 e. The average Bonchev–Trinajstić information content (AvgIpc) is 1.64. The van der Waals surface area contributed by atoms with Crippen LogP contribution in [0.25, 0.3) is 0 Å². The molecule has 42 valence electrons. The minimum atomic E-state index is 0.310. The maximum Gasteiger partial charge on any atom is 0.133 e. The van der Waals surface area contributed by atoms with Gasteiger partial charge in [-0.15, -0.1) is 0 Å². The van der Waals surface area contributed by atoms with E-state index in [1.165, 1.54) is 0 Å². The Bertz CT molecular complexity index is 137. The summed E-state index contributed by atoms with van der Waals surface area (Å²) in [5.41, 5.74) is 0. The summed E-state index contributed by atoms with van der Waals surface area (Å²) < 4.78 is 0. The molecule has 1 aliphatic carbocycles. The molecule has 2 nitrogen and oxygen atoms in total. The highest BCUT2D eigenvalue weighted by atomic mass is 16.1. The van der Waals surface area contributed by atoms with E-state index in [2.05, 4.69) is 0 Å². The van der Waals surface area contributed by atoms with Gasteiger partial charge < -0.3 is 0 Å². The van der Waals surface area contributed by atoms with E-state index in [1.54, 1.807) is 0 Å². The van der Waals surface area contributed by atoms with Crippen molar-refractivity contribution in [3.63, 3.8) is 0 Å². The summed E-state index contributed by atoms with van der Waals surface area (Å²) >= 11 is 0. The fraction of sp³-hybridized carbons (Fsp3) is 0.667. The smallest absolute Gasteiger partial charge is 0.133 e. The summed E-state index contributed by atoms with van der Waals surface area (Å²) in [6.07, 6.45) is 1.85. The van der Waals surface area contributed by atoms with Gasteiger partial charge in [-0.05, 0) is 5.92 Å². The fourth-order valence-corrected chi connectivity index (χ4v) is 0.858. The molecule has 0 spiro atoms. The SMILES string of the molecule is N#CCC1CC(=O)C1. The van der Waals surface area contributed by atoms with Crippen molar-refractivity contribution in [1.82, 2.24) is 0 Å². The fourth-order valence-electron chi connectivity index (χ4n) is 0.858. The lowest BCUT2D eigenvalue weighted by molar-refractivity contribution is -0.126. The Balaban J connectivity index is 2.18. The highest BCUT2D eigenvalue weighted by Crippen LogP contribution is 2.24. The van der Waals surface area contributed by atoms with Crippen LogP contribution in [0.3, 0.4) is 0 Å². The third-order valence-electron chi connectivity index (χ3n) is 1.41. The Morgan fingerprint density at radius 2 is 2.38 bits per heavy atom. The van der Waals surface area contributed by atoms with E-state index < -0.39 is 0 Å². The monoisotopic (exact) mass is 109 g/mol. The van der Waals surface area contributed by atoms with E-state index in [1.807, 2.05) is 6.07 Å². The van der Waals surface area contributed by atoms with Crippen LogP contribution in [0.5, 0.6) is 0 Å². The Morgan fingerprint density at radius 3 is 2.75 bits per heavy atom. The molecular weight excluding hydrogens is 102 g/mol. The van der Waals surface area contributed by atoms with E-state index in [0.717, 1.165) is 0 Å². The standard InChI is InChI=1S/C6H7NO/c7-2-1-5-3-6(8)4-5/h5H,1,3-4H2. The number of hydrogen-bond acceptors (Lipinski definition) is 2. The number of hydrogen-bond donors (Lipinski definition) is 0. The van der Waals surface area contributed by atoms with Crippen molar-refractivity contribution in [2.75, 3.05) is 0 Å². The van der Waals surface area contributed by atoms with Gasteiger partial charge in [-0.1, -0.05) is 0 Å². The molecule has 0 aromatic rings. The lowest BCUT2D eigenvalue weighted by Crippen LogP contribution is -2.22. The average molecular weight is 109 g/mol. The quantitative estimate of drug-likeness (QED) is 0.501. The minimum Gasteiger partial charge on any atom is -0.300 e. The van der Waals surface area contributed by atoms with Gasteiger partial charge in [-0.3, -0.25) is 4.79 Å². The molecule has 0 aromatic carbocycles. The molecule has 8 heavy (non-hydrogen) atoms. The van der Waals surface area contributed by atoms with E-state index in [4.69, 9.17) is 5.26 Å². The predicted octanol–water partition coefficient (Wildman–Crippen LogP) is 0.879. The molecule has 1 saturated carbocycles. The molecular formula is C6H7NO. The zero-order valence-corrected chi connectivity index (χ0v) is 4.55. The van der Waals surface area contributed by atoms with Gasteiger partial charge >= 0.3 is 0 Å². The second-order valence-corrected chi connectivity index (χ2v) is 2.18. The third kappa shape index (κ3) is 0.865. The molecule has 0 radical (unpaired) electrons. The lowest BCUT2D eigenvalue weighted by atomic mass is 9.82. The number of nitriles is 1. The van der Waals surface area contributed by atoms with E-state index in [9.17, 15) is 4.79 Å². The highest BCUT2D eigenvalue weighted by molar-refractivity contribution is 5.84. The molecule has 0 atom stereocenters. The van der Waals surface area contributed by atoms with Crippen LogP contribution in [-0.4, -0.2) is 5.78 Å². The van der Waals surface area contributed by atoms with Crippen LogP contribution in [0.2, 0.25) is 0 Å². The Labute approximate surface area is 48.1 Å². The maximum absolute atomic E-state index is 10.3. The van der Waals surface area contributed by atoms with Crippen LogP contribution >= 0.6 is 0 Å². The first-order valence-electron chi connectivity index (χ1n) is 2.71.